The van der Waals surface area contributed by atoms with E-state index in [1.807, 2.05) is 4.90 Å². The molecular weight excluding hydrogens is 228 g/mol. The highest BCUT2D eigenvalue weighted by Crippen LogP contribution is 2.44. The summed E-state index contributed by atoms with van der Waals surface area (Å²) in [5.74, 6) is 0.675. The van der Waals surface area contributed by atoms with E-state index in [0.29, 0.717) is 19.0 Å². The van der Waals surface area contributed by atoms with Gasteiger partial charge in [0.05, 0.1) is 19.1 Å². The molecule has 0 bridgehead atoms. The van der Waals surface area contributed by atoms with Crippen molar-refractivity contribution in [2.45, 2.75) is 56.6 Å². The number of β-amino-alcohol motifs (C(OH)–C–C–N with tert-alkyl or cyclic N) is 1. The van der Waals surface area contributed by atoms with Crippen LogP contribution in [-0.2, 0) is 4.79 Å². The monoisotopic (exact) mass is 252 g/mol. The molecule has 4 heteroatoms. The van der Waals surface area contributed by atoms with Crippen molar-refractivity contribution in [3.05, 3.63) is 0 Å². The molecule has 1 unspecified atom stereocenters. The molecule has 0 spiro atoms. The van der Waals surface area contributed by atoms with E-state index in [-0.39, 0.29) is 11.9 Å². The molecule has 2 saturated heterocycles. The molecule has 102 valence electrons. The number of amides is 1. The van der Waals surface area contributed by atoms with E-state index in [2.05, 4.69) is 5.32 Å². The average Bonchev–Trinajstić information content (AvgIpc) is 3.07. The normalized spacial score (nSPS) is 32.3. The standard InChI is InChI=1S/C14H24N2O2/c17-13(12-5-3-1-2-4-8-15-12)16-9-14(18,10-16)11-6-7-11/h11-12,15,18H,1-10H2. The minimum absolute atomic E-state index is 0.00551. The van der Waals surface area contributed by atoms with Gasteiger partial charge >= 0.3 is 0 Å². The first-order valence-electron chi connectivity index (χ1n) is 7.44. The Morgan fingerprint density at radius 3 is 2.56 bits per heavy atom. The van der Waals surface area contributed by atoms with Crippen LogP contribution in [0, 0.1) is 5.92 Å². The lowest BCUT2D eigenvalue weighted by molar-refractivity contribution is -0.161. The molecular formula is C14H24N2O2. The summed E-state index contributed by atoms with van der Waals surface area (Å²) < 4.78 is 0. The van der Waals surface area contributed by atoms with E-state index < -0.39 is 5.60 Å². The van der Waals surface area contributed by atoms with Gasteiger partial charge in [0, 0.05) is 0 Å². The molecule has 3 aliphatic rings. The zero-order valence-corrected chi connectivity index (χ0v) is 11.0. The molecule has 0 aromatic carbocycles. The Bertz CT molecular complexity index is 314. The quantitative estimate of drug-likeness (QED) is 0.767. The minimum atomic E-state index is -0.544. The van der Waals surface area contributed by atoms with Crippen LogP contribution >= 0.6 is 0 Å². The number of nitrogens with zero attached hydrogens (tertiary/aromatic N) is 1. The Hall–Kier alpha value is -0.610. The number of nitrogens with one attached hydrogen (secondary N) is 1. The summed E-state index contributed by atoms with van der Waals surface area (Å²) in [5, 5.41) is 13.6. The lowest BCUT2D eigenvalue weighted by Crippen LogP contribution is -2.67. The molecule has 1 aliphatic carbocycles. The SMILES string of the molecule is O=C(C1CCCCCCN1)N1CC(O)(C2CC2)C1. The number of hydrogen-bond donors (Lipinski definition) is 2. The zero-order chi connectivity index (χ0) is 12.6. The van der Waals surface area contributed by atoms with Crippen molar-refractivity contribution in [2.24, 2.45) is 5.92 Å². The van der Waals surface area contributed by atoms with E-state index in [1.165, 1.54) is 19.3 Å². The first-order chi connectivity index (χ1) is 8.69. The molecule has 1 saturated carbocycles. The van der Waals surface area contributed by atoms with Gasteiger partial charge in [0.25, 0.3) is 0 Å². The molecule has 18 heavy (non-hydrogen) atoms. The molecule has 4 nitrogen and oxygen atoms in total. The maximum Gasteiger partial charge on any atom is 0.239 e. The van der Waals surface area contributed by atoms with Gasteiger partial charge < -0.3 is 15.3 Å². The summed E-state index contributed by atoms with van der Waals surface area (Å²) in [4.78, 5) is 14.2. The molecule has 3 fully saturated rings. The first kappa shape index (κ1) is 12.4. The Balaban J connectivity index is 1.51. The molecule has 2 aliphatic heterocycles. The highest BCUT2D eigenvalue weighted by atomic mass is 16.3. The van der Waals surface area contributed by atoms with Crippen LogP contribution in [0.15, 0.2) is 0 Å². The van der Waals surface area contributed by atoms with Gasteiger partial charge in [0.15, 0.2) is 0 Å². The maximum absolute atomic E-state index is 12.3. The van der Waals surface area contributed by atoms with E-state index in [1.54, 1.807) is 0 Å². The predicted molar refractivity (Wildman–Crippen MR) is 69.1 cm³/mol. The van der Waals surface area contributed by atoms with Crippen molar-refractivity contribution in [1.29, 1.82) is 0 Å². The summed E-state index contributed by atoms with van der Waals surface area (Å²) in [6.07, 6.45) is 8.08. The number of carbonyl (C=O) groups excluding carboxylic acids is 1. The molecule has 1 atom stereocenters. The van der Waals surface area contributed by atoms with Crippen LogP contribution in [-0.4, -0.2) is 47.2 Å². The fraction of sp³-hybridized carbons (Fsp3) is 0.929. The topological polar surface area (TPSA) is 52.6 Å². The zero-order valence-electron chi connectivity index (χ0n) is 11.0. The number of hydrogen-bond acceptors (Lipinski definition) is 3. The first-order valence-corrected chi connectivity index (χ1v) is 7.44. The second-order valence-corrected chi connectivity index (χ2v) is 6.28. The van der Waals surface area contributed by atoms with Gasteiger partial charge in [-0.15, -0.1) is 0 Å². The molecule has 2 heterocycles. The molecule has 0 aromatic heterocycles. The van der Waals surface area contributed by atoms with Crippen LogP contribution in [0.25, 0.3) is 0 Å². The Morgan fingerprint density at radius 1 is 1.11 bits per heavy atom. The van der Waals surface area contributed by atoms with Crippen LogP contribution in [0.5, 0.6) is 0 Å². The number of rotatable bonds is 2. The average molecular weight is 252 g/mol. The second-order valence-electron chi connectivity index (χ2n) is 6.28. The Labute approximate surface area is 109 Å². The van der Waals surface area contributed by atoms with Crippen molar-refractivity contribution in [2.75, 3.05) is 19.6 Å². The number of likely N-dealkylation sites (tertiary alicyclic amines) is 1. The molecule has 3 rings (SSSR count). The third-order valence-electron chi connectivity index (χ3n) is 4.69. The van der Waals surface area contributed by atoms with Gasteiger partial charge in [0.2, 0.25) is 5.91 Å². The molecule has 1 amide bonds. The Kier molecular flexibility index (Phi) is 3.32. The van der Waals surface area contributed by atoms with Gasteiger partial charge in [-0.2, -0.15) is 0 Å². The largest absolute Gasteiger partial charge is 0.386 e. The second kappa shape index (κ2) is 4.82. The van der Waals surface area contributed by atoms with Crippen LogP contribution < -0.4 is 5.32 Å². The summed E-state index contributed by atoms with van der Waals surface area (Å²) in [6.45, 7) is 2.08. The van der Waals surface area contributed by atoms with Crippen molar-refractivity contribution >= 4 is 5.91 Å². The summed E-state index contributed by atoms with van der Waals surface area (Å²) in [6, 6.07) is -0.00551. The van der Waals surface area contributed by atoms with Gasteiger partial charge in [-0.1, -0.05) is 19.3 Å². The predicted octanol–water partition coefficient (Wildman–Crippen LogP) is 0.892. The van der Waals surface area contributed by atoms with Crippen LogP contribution in [0.1, 0.15) is 44.9 Å². The van der Waals surface area contributed by atoms with Gasteiger partial charge in [-0.25, -0.2) is 0 Å². The third kappa shape index (κ3) is 2.41. The summed E-state index contributed by atoms with van der Waals surface area (Å²) >= 11 is 0. The van der Waals surface area contributed by atoms with Crippen LogP contribution in [0.2, 0.25) is 0 Å². The lowest BCUT2D eigenvalue weighted by atomic mass is 9.87. The van der Waals surface area contributed by atoms with E-state index >= 15 is 0 Å². The van der Waals surface area contributed by atoms with Gasteiger partial charge in [-0.05, 0) is 38.1 Å². The third-order valence-corrected chi connectivity index (χ3v) is 4.69. The lowest BCUT2D eigenvalue weighted by Gasteiger charge is -2.48. The van der Waals surface area contributed by atoms with Crippen molar-refractivity contribution in [3.63, 3.8) is 0 Å². The van der Waals surface area contributed by atoms with Crippen molar-refractivity contribution in [1.82, 2.24) is 10.2 Å². The van der Waals surface area contributed by atoms with Crippen molar-refractivity contribution < 1.29 is 9.90 Å². The minimum Gasteiger partial charge on any atom is -0.386 e. The van der Waals surface area contributed by atoms with Gasteiger partial charge in [-0.3, -0.25) is 4.79 Å². The molecule has 0 radical (unpaired) electrons. The van der Waals surface area contributed by atoms with Crippen LogP contribution in [0.3, 0.4) is 0 Å². The highest BCUT2D eigenvalue weighted by molar-refractivity contribution is 5.83. The summed E-state index contributed by atoms with van der Waals surface area (Å²) in [5.41, 5.74) is -0.544. The van der Waals surface area contributed by atoms with E-state index in [9.17, 15) is 9.90 Å². The van der Waals surface area contributed by atoms with E-state index in [4.69, 9.17) is 0 Å². The fourth-order valence-electron chi connectivity index (χ4n) is 3.29. The summed E-state index contributed by atoms with van der Waals surface area (Å²) in [7, 11) is 0. The fourth-order valence-corrected chi connectivity index (χ4v) is 3.29. The highest BCUT2D eigenvalue weighted by Gasteiger charge is 2.53. The van der Waals surface area contributed by atoms with Gasteiger partial charge in [0.1, 0.15) is 5.60 Å². The van der Waals surface area contributed by atoms with E-state index in [0.717, 1.165) is 32.2 Å². The maximum atomic E-state index is 12.3. The molecule has 0 aromatic rings. The smallest absolute Gasteiger partial charge is 0.239 e. The number of carbonyl (C=O) groups is 1. The van der Waals surface area contributed by atoms with Crippen LogP contribution in [0.4, 0.5) is 0 Å². The number of aliphatic hydroxyl groups is 1. The Morgan fingerprint density at radius 2 is 1.83 bits per heavy atom. The van der Waals surface area contributed by atoms with Crippen molar-refractivity contribution in [3.8, 4) is 0 Å². The molecule has 2 N–H and O–H groups in total.